The Morgan fingerprint density at radius 2 is 2.00 bits per heavy atom. The van der Waals surface area contributed by atoms with E-state index in [2.05, 4.69) is 9.97 Å². The molecule has 1 aromatic heterocycles. The molecule has 96 valence electrons. The van der Waals surface area contributed by atoms with Crippen molar-refractivity contribution in [3.05, 3.63) is 30.6 Å². The van der Waals surface area contributed by atoms with Crippen LogP contribution in [-0.2, 0) is 0 Å². The Labute approximate surface area is 112 Å². The van der Waals surface area contributed by atoms with E-state index >= 15 is 0 Å². The summed E-state index contributed by atoms with van der Waals surface area (Å²) in [7, 11) is 0. The van der Waals surface area contributed by atoms with Crippen molar-refractivity contribution in [2.24, 2.45) is 5.92 Å². The summed E-state index contributed by atoms with van der Waals surface area (Å²) < 4.78 is 0. The van der Waals surface area contributed by atoms with E-state index in [0.717, 1.165) is 15.9 Å². The number of para-hydroxylation sites is 1. The highest BCUT2D eigenvalue weighted by molar-refractivity contribution is 7.99. The van der Waals surface area contributed by atoms with Crippen LogP contribution in [0, 0.1) is 5.92 Å². The third-order valence-corrected chi connectivity index (χ3v) is 4.58. The van der Waals surface area contributed by atoms with E-state index < -0.39 is 5.60 Å². The Morgan fingerprint density at radius 3 is 2.72 bits per heavy atom. The highest BCUT2D eigenvalue weighted by Crippen LogP contribution is 2.29. The molecule has 0 saturated carbocycles. The van der Waals surface area contributed by atoms with Gasteiger partial charge in [-0.1, -0.05) is 32.0 Å². The highest BCUT2D eigenvalue weighted by atomic mass is 32.2. The molecule has 1 heterocycles. The van der Waals surface area contributed by atoms with E-state index in [1.165, 1.54) is 0 Å². The molecule has 0 fully saturated rings. The van der Waals surface area contributed by atoms with Crippen LogP contribution in [0.3, 0.4) is 0 Å². The maximum Gasteiger partial charge on any atom is 0.117 e. The first-order chi connectivity index (χ1) is 8.50. The molecule has 0 spiro atoms. The van der Waals surface area contributed by atoms with Gasteiger partial charge in [0.2, 0.25) is 0 Å². The fraction of sp³-hybridized carbons (Fsp3) is 0.429. The Hall–Kier alpha value is -1.13. The molecule has 0 aliphatic rings. The number of thioether (sulfide) groups is 1. The number of fused-ring (bicyclic) bond motifs is 1. The van der Waals surface area contributed by atoms with E-state index in [4.69, 9.17) is 0 Å². The first-order valence-corrected chi connectivity index (χ1v) is 7.04. The fourth-order valence-corrected chi connectivity index (χ4v) is 2.69. The molecule has 2 rings (SSSR count). The lowest BCUT2D eigenvalue weighted by Crippen LogP contribution is -2.33. The molecule has 0 aliphatic carbocycles. The quantitative estimate of drug-likeness (QED) is 0.679. The zero-order valence-corrected chi connectivity index (χ0v) is 11.7. The molecule has 4 heteroatoms. The van der Waals surface area contributed by atoms with Crippen LogP contribution in [0.15, 0.2) is 35.6 Å². The highest BCUT2D eigenvalue weighted by Gasteiger charge is 2.25. The average Bonchev–Trinajstić information content (AvgIpc) is 2.36. The second-order valence-corrected chi connectivity index (χ2v) is 5.96. The first kappa shape index (κ1) is 13.3. The number of hydrogen-bond donors (Lipinski definition) is 1. The van der Waals surface area contributed by atoms with Gasteiger partial charge in [-0.05, 0) is 18.9 Å². The lowest BCUT2D eigenvalue weighted by molar-refractivity contribution is 0.0376. The van der Waals surface area contributed by atoms with E-state index in [0.29, 0.717) is 5.75 Å². The molecule has 2 aromatic rings. The molecule has 0 aliphatic heterocycles. The summed E-state index contributed by atoms with van der Waals surface area (Å²) in [4.78, 5) is 8.54. The van der Waals surface area contributed by atoms with Gasteiger partial charge in [0.1, 0.15) is 11.4 Å². The summed E-state index contributed by atoms with van der Waals surface area (Å²) in [5.74, 6) is 0.851. The van der Waals surface area contributed by atoms with Gasteiger partial charge in [-0.15, -0.1) is 11.8 Å². The van der Waals surface area contributed by atoms with E-state index in [9.17, 15) is 5.11 Å². The zero-order valence-electron chi connectivity index (χ0n) is 10.9. The predicted molar refractivity (Wildman–Crippen MR) is 75.7 cm³/mol. The number of hydrogen-bond acceptors (Lipinski definition) is 4. The van der Waals surface area contributed by atoms with Crippen molar-refractivity contribution < 1.29 is 5.11 Å². The minimum absolute atomic E-state index is 0.220. The Balaban J connectivity index is 2.22. The molecule has 1 aromatic carbocycles. The zero-order chi connectivity index (χ0) is 13.2. The van der Waals surface area contributed by atoms with Crippen LogP contribution in [0.4, 0.5) is 0 Å². The van der Waals surface area contributed by atoms with Gasteiger partial charge in [-0.25, -0.2) is 9.97 Å². The minimum atomic E-state index is -0.684. The number of rotatable bonds is 4. The number of aliphatic hydroxyl groups is 1. The second kappa shape index (κ2) is 5.24. The monoisotopic (exact) mass is 262 g/mol. The molecular formula is C14H18N2OS. The molecule has 3 nitrogen and oxygen atoms in total. The Morgan fingerprint density at radius 1 is 1.28 bits per heavy atom. The lowest BCUT2D eigenvalue weighted by Gasteiger charge is -2.27. The summed E-state index contributed by atoms with van der Waals surface area (Å²) in [5, 5.41) is 12.2. The van der Waals surface area contributed by atoms with Gasteiger partial charge < -0.3 is 5.11 Å². The van der Waals surface area contributed by atoms with Crippen LogP contribution < -0.4 is 0 Å². The molecule has 0 saturated heterocycles. The van der Waals surface area contributed by atoms with Gasteiger partial charge in [0.05, 0.1) is 11.1 Å². The summed E-state index contributed by atoms with van der Waals surface area (Å²) in [6.07, 6.45) is 1.58. The van der Waals surface area contributed by atoms with Crippen LogP contribution in [0.1, 0.15) is 20.8 Å². The molecule has 0 amide bonds. The summed E-state index contributed by atoms with van der Waals surface area (Å²) in [6.45, 7) is 5.92. The number of aromatic nitrogens is 2. The number of nitrogens with zero attached hydrogens (tertiary/aromatic N) is 2. The topological polar surface area (TPSA) is 46.0 Å². The summed E-state index contributed by atoms with van der Waals surface area (Å²) in [6, 6.07) is 7.94. The van der Waals surface area contributed by atoms with E-state index in [1.807, 2.05) is 45.0 Å². The van der Waals surface area contributed by atoms with Gasteiger partial charge in [0.25, 0.3) is 0 Å². The van der Waals surface area contributed by atoms with Gasteiger partial charge in [0.15, 0.2) is 0 Å². The number of benzene rings is 1. The largest absolute Gasteiger partial charge is 0.389 e. The van der Waals surface area contributed by atoms with Crippen molar-refractivity contribution in [1.29, 1.82) is 0 Å². The second-order valence-electron chi connectivity index (χ2n) is 5.00. The summed E-state index contributed by atoms with van der Waals surface area (Å²) in [5.41, 5.74) is 0.260. The lowest BCUT2D eigenvalue weighted by atomic mass is 9.95. The smallest absolute Gasteiger partial charge is 0.117 e. The van der Waals surface area contributed by atoms with Crippen LogP contribution in [0.2, 0.25) is 0 Å². The van der Waals surface area contributed by atoms with Gasteiger partial charge >= 0.3 is 0 Å². The maximum atomic E-state index is 10.3. The normalized spacial score (nSPS) is 14.9. The molecule has 1 unspecified atom stereocenters. The van der Waals surface area contributed by atoms with Crippen LogP contribution in [0.5, 0.6) is 0 Å². The van der Waals surface area contributed by atoms with Gasteiger partial charge in [-0.2, -0.15) is 0 Å². The van der Waals surface area contributed by atoms with Crippen molar-refractivity contribution in [3.63, 3.8) is 0 Å². The standard InChI is InChI=1S/C14H18N2OS/c1-10(2)14(3,17)8-18-13-11-6-4-5-7-12(11)15-9-16-13/h4-7,9-10,17H,8H2,1-3H3. The predicted octanol–water partition coefficient (Wildman–Crippen LogP) is 3.13. The third-order valence-electron chi connectivity index (χ3n) is 3.25. The van der Waals surface area contributed by atoms with Gasteiger partial charge in [0, 0.05) is 11.1 Å². The molecule has 0 radical (unpaired) electrons. The van der Waals surface area contributed by atoms with Crippen molar-refractivity contribution in [2.45, 2.75) is 31.4 Å². The molecule has 1 N–H and O–H groups in total. The van der Waals surface area contributed by atoms with Crippen LogP contribution >= 0.6 is 11.8 Å². The minimum Gasteiger partial charge on any atom is -0.389 e. The Bertz CT molecular complexity index is 535. The Kier molecular flexibility index (Phi) is 3.88. The van der Waals surface area contributed by atoms with Gasteiger partial charge in [-0.3, -0.25) is 0 Å². The van der Waals surface area contributed by atoms with E-state index in [1.54, 1.807) is 18.1 Å². The first-order valence-electron chi connectivity index (χ1n) is 6.05. The van der Waals surface area contributed by atoms with Crippen LogP contribution in [-0.4, -0.2) is 26.4 Å². The van der Waals surface area contributed by atoms with Crippen molar-refractivity contribution in [2.75, 3.05) is 5.75 Å². The summed E-state index contributed by atoms with van der Waals surface area (Å²) >= 11 is 1.58. The molecular weight excluding hydrogens is 244 g/mol. The van der Waals surface area contributed by atoms with Crippen molar-refractivity contribution >= 4 is 22.7 Å². The average molecular weight is 262 g/mol. The maximum absolute atomic E-state index is 10.3. The fourth-order valence-electron chi connectivity index (χ4n) is 1.48. The third kappa shape index (κ3) is 2.82. The molecule has 18 heavy (non-hydrogen) atoms. The van der Waals surface area contributed by atoms with Crippen molar-refractivity contribution in [3.8, 4) is 0 Å². The molecule has 1 atom stereocenters. The SMILES string of the molecule is CC(C)C(C)(O)CSc1ncnc2ccccc12. The molecule has 0 bridgehead atoms. The van der Waals surface area contributed by atoms with Crippen molar-refractivity contribution in [1.82, 2.24) is 9.97 Å². The van der Waals surface area contributed by atoms with Crippen LogP contribution in [0.25, 0.3) is 10.9 Å². The van der Waals surface area contributed by atoms with E-state index in [-0.39, 0.29) is 5.92 Å².